The number of carbonyl (C=O) groups is 2. The van der Waals surface area contributed by atoms with Gasteiger partial charge in [0.1, 0.15) is 6.04 Å². The molecule has 0 bridgehead atoms. The summed E-state index contributed by atoms with van der Waals surface area (Å²) in [5.41, 5.74) is 3.10. The zero-order valence-electron chi connectivity index (χ0n) is 21.2. The Labute approximate surface area is 225 Å². The summed E-state index contributed by atoms with van der Waals surface area (Å²) in [5, 5.41) is 9.79. The molecule has 39 heavy (non-hydrogen) atoms. The van der Waals surface area contributed by atoms with Crippen LogP contribution in [-0.2, 0) is 39.0 Å². The molecule has 0 spiro atoms. The number of sulfonamides is 1. The number of amides is 1. The van der Waals surface area contributed by atoms with Crippen molar-refractivity contribution in [2.45, 2.75) is 49.3 Å². The van der Waals surface area contributed by atoms with E-state index in [1.165, 1.54) is 18.2 Å². The molecule has 4 rings (SSSR count). The Bertz CT molecular complexity index is 1350. The van der Waals surface area contributed by atoms with Crippen LogP contribution in [0.25, 0.3) is 0 Å². The molecule has 0 saturated carbocycles. The van der Waals surface area contributed by atoms with E-state index in [0.717, 1.165) is 24.1 Å². The van der Waals surface area contributed by atoms with Gasteiger partial charge in [-0.3, -0.25) is 14.5 Å². The maximum absolute atomic E-state index is 13.2. The van der Waals surface area contributed by atoms with Crippen molar-refractivity contribution in [1.29, 1.82) is 0 Å². The smallest absolute Gasteiger partial charge is 0.471 e. The van der Waals surface area contributed by atoms with Gasteiger partial charge in [-0.05, 0) is 54.5 Å². The number of fused-ring (bicyclic) bond motifs is 1. The van der Waals surface area contributed by atoms with Crippen LogP contribution in [0.2, 0.25) is 0 Å². The predicted molar refractivity (Wildman–Crippen MR) is 137 cm³/mol. The lowest BCUT2D eigenvalue weighted by Gasteiger charge is -2.28. The van der Waals surface area contributed by atoms with E-state index in [1.54, 1.807) is 0 Å². The van der Waals surface area contributed by atoms with Crippen LogP contribution in [0.1, 0.15) is 29.5 Å². The first-order chi connectivity index (χ1) is 18.4. The lowest BCUT2D eigenvalue weighted by molar-refractivity contribution is -0.185. The minimum absolute atomic E-state index is 0.000687. The van der Waals surface area contributed by atoms with E-state index in [2.05, 4.69) is 9.62 Å². The second-order valence-electron chi connectivity index (χ2n) is 9.78. The summed E-state index contributed by atoms with van der Waals surface area (Å²) in [5.74, 6) is -3.23. The van der Waals surface area contributed by atoms with Crippen LogP contribution in [0.15, 0.2) is 65.1 Å². The summed E-state index contributed by atoms with van der Waals surface area (Å²) >= 11 is 0. The zero-order chi connectivity index (χ0) is 28.2. The highest BCUT2D eigenvalue weighted by atomic mass is 32.2. The Hall–Kier alpha value is -3.22. The van der Waals surface area contributed by atoms with E-state index in [-0.39, 0.29) is 37.2 Å². The summed E-state index contributed by atoms with van der Waals surface area (Å²) in [7, 11) is -4.25. The highest BCUT2D eigenvalue weighted by Gasteiger charge is 2.42. The van der Waals surface area contributed by atoms with Crippen molar-refractivity contribution in [1.82, 2.24) is 14.5 Å². The Balaban J connectivity index is 1.43. The van der Waals surface area contributed by atoms with Gasteiger partial charge in [0.2, 0.25) is 10.0 Å². The number of carboxylic acids is 1. The number of nitrogens with one attached hydrogen (secondary N) is 1. The predicted octanol–water partition coefficient (Wildman–Crippen LogP) is 3.13. The molecular weight excluding hydrogens is 535 g/mol. The van der Waals surface area contributed by atoms with Gasteiger partial charge in [-0.15, -0.1) is 0 Å². The zero-order valence-corrected chi connectivity index (χ0v) is 22.0. The van der Waals surface area contributed by atoms with Gasteiger partial charge in [0.15, 0.2) is 0 Å². The third-order valence-corrected chi connectivity index (χ3v) is 8.41. The number of halogens is 3. The van der Waals surface area contributed by atoms with Gasteiger partial charge < -0.3 is 10.0 Å². The molecule has 0 fully saturated rings. The van der Waals surface area contributed by atoms with Crippen LogP contribution in [0.5, 0.6) is 0 Å². The summed E-state index contributed by atoms with van der Waals surface area (Å²) in [6, 6.07) is 12.6. The second-order valence-corrected chi connectivity index (χ2v) is 11.5. The molecule has 8 nitrogen and oxygen atoms in total. The van der Waals surface area contributed by atoms with Crippen molar-refractivity contribution < 1.29 is 36.3 Å². The number of aliphatic carboxylic acids is 1. The van der Waals surface area contributed by atoms with E-state index < -0.39 is 34.1 Å². The number of carbonyl (C=O) groups excluding carboxylic acids is 1. The lowest BCUT2D eigenvalue weighted by atomic mass is 10.0. The Morgan fingerprint density at radius 3 is 2.36 bits per heavy atom. The van der Waals surface area contributed by atoms with Crippen molar-refractivity contribution in [3.8, 4) is 0 Å². The maximum Gasteiger partial charge on any atom is 0.471 e. The molecule has 0 aromatic heterocycles. The topological polar surface area (TPSA) is 107 Å². The van der Waals surface area contributed by atoms with Crippen molar-refractivity contribution in [2.75, 3.05) is 26.2 Å². The van der Waals surface area contributed by atoms with Crippen molar-refractivity contribution in [3.63, 3.8) is 0 Å². The average Bonchev–Trinajstić information content (AvgIpc) is 3.10. The molecule has 2 aliphatic rings. The normalized spacial score (nSPS) is 17.6. The summed E-state index contributed by atoms with van der Waals surface area (Å²) < 4.78 is 67.2. The molecule has 1 amide bonds. The molecule has 1 unspecified atom stereocenters. The summed E-state index contributed by atoms with van der Waals surface area (Å²) in [4.78, 5) is 26.4. The number of carboxylic acid groups (broad SMARTS) is 1. The molecule has 1 atom stereocenters. The van der Waals surface area contributed by atoms with E-state index in [9.17, 15) is 36.3 Å². The largest absolute Gasteiger partial charge is 0.480 e. The highest BCUT2D eigenvalue weighted by molar-refractivity contribution is 7.89. The van der Waals surface area contributed by atoms with Gasteiger partial charge in [-0.25, -0.2) is 8.42 Å². The third-order valence-electron chi connectivity index (χ3n) is 6.94. The van der Waals surface area contributed by atoms with Crippen molar-refractivity contribution in [2.24, 2.45) is 0 Å². The van der Waals surface area contributed by atoms with Crippen LogP contribution in [-0.4, -0.2) is 73.6 Å². The van der Waals surface area contributed by atoms with E-state index in [4.69, 9.17) is 0 Å². The molecule has 2 heterocycles. The van der Waals surface area contributed by atoms with E-state index in [1.807, 2.05) is 36.4 Å². The van der Waals surface area contributed by atoms with Crippen molar-refractivity contribution in [3.05, 3.63) is 76.9 Å². The number of alkyl halides is 3. The van der Waals surface area contributed by atoms with Gasteiger partial charge in [-0.2, -0.15) is 17.9 Å². The number of benzene rings is 2. The molecule has 2 aliphatic heterocycles. The number of rotatable bonds is 8. The average molecular weight is 566 g/mol. The van der Waals surface area contributed by atoms with Crippen LogP contribution >= 0.6 is 0 Å². The van der Waals surface area contributed by atoms with Gasteiger partial charge in [0.05, 0.1) is 4.90 Å². The first kappa shape index (κ1) is 28.8. The van der Waals surface area contributed by atoms with Crippen molar-refractivity contribution >= 4 is 21.9 Å². The van der Waals surface area contributed by atoms with E-state index in [0.29, 0.717) is 29.1 Å². The molecule has 0 saturated heterocycles. The summed E-state index contributed by atoms with van der Waals surface area (Å²) in [6.45, 7) is 1.69. The first-order valence-corrected chi connectivity index (χ1v) is 14.1. The van der Waals surface area contributed by atoms with Crippen LogP contribution < -0.4 is 4.72 Å². The Morgan fingerprint density at radius 1 is 1.00 bits per heavy atom. The van der Waals surface area contributed by atoms with E-state index >= 15 is 0 Å². The molecular formula is C27H30F3N3O5S. The number of nitrogens with zero attached hydrogens (tertiary/aromatic N) is 2. The maximum atomic E-state index is 13.2. The van der Waals surface area contributed by atoms with Crippen LogP contribution in [0.3, 0.4) is 0 Å². The molecule has 2 aromatic rings. The molecule has 12 heteroatoms. The third kappa shape index (κ3) is 7.46. The molecule has 0 radical (unpaired) electrons. The fraction of sp³-hybridized carbons (Fsp3) is 0.407. The SMILES string of the molecule is O=C(O)C(CC1=CCCN(Cc2ccccc2)C1)NS(=O)(=O)c1ccc2c(c1)CCN(C(=O)C(F)(F)F)CC2. The first-order valence-electron chi connectivity index (χ1n) is 12.6. The second kappa shape index (κ2) is 11.9. The molecule has 210 valence electrons. The number of hydrogen-bond acceptors (Lipinski definition) is 5. The fourth-order valence-corrected chi connectivity index (χ4v) is 6.19. The summed E-state index contributed by atoms with van der Waals surface area (Å²) in [6.07, 6.45) is -2.11. The Morgan fingerprint density at radius 2 is 1.69 bits per heavy atom. The van der Waals surface area contributed by atoms with Gasteiger partial charge in [-0.1, -0.05) is 48.0 Å². The Kier molecular flexibility index (Phi) is 8.77. The monoisotopic (exact) mass is 565 g/mol. The molecule has 0 aliphatic carbocycles. The van der Waals surface area contributed by atoms with Gasteiger partial charge in [0, 0.05) is 32.7 Å². The van der Waals surface area contributed by atoms with Crippen LogP contribution in [0.4, 0.5) is 13.2 Å². The minimum Gasteiger partial charge on any atom is -0.480 e. The van der Waals surface area contributed by atoms with Gasteiger partial charge in [0.25, 0.3) is 0 Å². The number of hydrogen-bond donors (Lipinski definition) is 2. The molecule has 2 N–H and O–H groups in total. The highest BCUT2D eigenvalue weighted by Crippen LogP contribution is 2.25. The fourth-order valence-electron chi connectivity index (χ4n) is 4.95. The standard InChI is InChI=1S/C27H30F3N3O5S/c28-27(29,30)26(36)33-13-10-21-8-9-23(16-22(21)11-14-33)39(37,38)31-24(25(34)35)15-20-7-4-12-32(18-20)17-19-5-2-1-3-6-19/h1-3,5-9,16,24,31H,4,10-15,17-18H2,(H,34,35). The van der Waals surface area contributed by atoms with Gasteiger partial charge >= 0.3 is 18.1 Å². The van der Waals surface area contributed by atoms with Crippen LogP contribution in [0, 0.1) is 0 Å². The minimum atomic E-state index is -4.98. The molecule has 2 aromatic carbocycles. The quantitative estimate of drug-likeness (QED) is 0.477. The lowest BCUT2D eigenvalue weighted by Crippen LogP contribution is -2.42.